The zero-order valence-corrected chi connectivity index (χ0v) is 12.8. The lowest BCUT2D eigenvalue weighted by Crippen LogP contribution is -1.92. The third-order valence-electron chi connectivity index (χ3n) is 2.29. The molecular weight excluding hydrogens is 244 g/mol. The van der Waals surface area contributed by atoms with Crippen LogP contribution in [0.2, 0.25) is 0 Å². The molecule has 0 aliphatic rings. The molecule has 1 nitrogen and oxygen atoms in total. The maximum Gasteiger partial charge on any atom is 0.185 e. The molecule has 0 radical (unpaired) electrons. The number of benzene rings is 2. The Morgan fingerprint density at radius 1 is 0.750 bits per heavy atom. The fraction of sp³-hybridized carbons (Fsp3) is 0.211. The van der Waals surface area contributed by atoms with E-state index in [9.17, 15) is 4.79 Å². The lowest BCUT2D eigenvalue weighted by Gasteiger charge is -1.94. The van der Waals surface area contributed by atoms with Gasteiger partial charge in [0, 0.05) is 5.56 Å². The quantitative estimate of drug-likeness (QED) is 0.520. The molecule has 0 N–H and O–H groups in total. The smallest absolute Gasteiger partial charge is 0.185 e. The summed E-state index contributed by atoms with van der Waals surface area (Å²) >= 11 is 0. The van der Waals surface area contributed by atoms with Crippen LogP contribution in [0.4, 0.5) is 0 Å². The van der Waals surface area contributed by atoms with E-state index in [1.165, 1.54) is 0 Å². The minimum Gasteiger partial charge on any atom is -0.289 e. The SMILES string of the molecule is CC.CC.O=C(/C=C/c1ccccc1)c1ccccc1. The molecule has 0 aromatic heterocycles. The lowest BCUT2D eigenvalue weighted by molar-refractivity contribution is 0.104. The third kappa shape index (κ3) is 6.69. The van der Waals surface area contributed by atoms with Crippen LogP contribution in [-0.2, 0) is 0 Å². The first-order valence-electron chi connectivity index (χ1n) is 7.19. The molecule has 106 valence electrons. The van der Waals surface area contributed by atoms with Crippen molar-refractivity contribution < 1.29 is 4.79 Å². The predicted molar refractivity (Wildman–Crippen MR) is 88.9 cm³/mol. The monoisotopic (exact) mass is 268 g/mol. The summed E-state index contributed by atoms with van der Waals surface area (Å²) in [6.07, 6.45) is 3.43. The molecule has 0 aliphatic carbocycles. The van der Waals surface area contributed by atoms with Gasteiger partial charge in [0.2, 0.25) is 0 Å². The van der Waals surface area contributed by atoms with Crippen molar-refractivity contribution >= 4 is 11.9 Å². The minimum atomic E-state index is 0.0319. The lowest BCUT2D eigenvalue weighted by atomic mass is 10.1. The van der Waals surface area contributed by atoms with Gasteiger partial charge in [-0.1, -0.05) is 94.4 Å². The van der Waals surface area contributed by atoms with Crippen LogP contribution >= 0.6 is 0 Å². The number of ketones is 1. The summed E-state index contributed by atoms with van der Waals surface area (Å²) in [5, 5.41) is 0. The van der Waals surface area contributed by atoms with E-state index in [4.69, 9.17) is 0 Å². The van der Waals surface area contributed by atoms with Gasteiger partial charge in [-0.3, -0.25) is 4.79 Å². The Hall–Kier alpha value is -2.15. The fourth-order valence-corrected chi connectivity index (χ4v) is 1.43. The zero-order chi connectivity index (χ0) is 15.2. The van der Waals surface area contributed by atoms with E-state index in [0.29, 0.717) is 0 Å². The zero-order valence-electron chi connectivity index (χ0n) is 12.8. The van der Waals surface area contributed by atoms with E-state index in [1.54, 1.807) is 6.08 Å². The van der Waals surface area contributed by atoms with Crippen LogP contribution in [-0.4, -0.2) is 5.78 Å². The van der Waals surface area contributed by atoms with Gasteiger partial charge >= 0.3 is 0 Å². The van der Waals surface area contributed by atoms with E-state index in [-0.39, 0.29) is 5.78 Å². The highest BCUT2D eigenvalue weighted by Crippen LogP contribution is 2.05. The Morgan fingerprint density at radius 2 is 1.20 bits per heavy atom. The van der Waals surface area contributed by atoms with E-state index >= 15 is 0 Å². The normalized spacial score (nSPS) is 9.00. The first-order chi connectivity index (χ1) is 9.86. The molecule has 0 amide bonds. The number of allylic oxidation sites excluding steroid dienone is 1. The summed E-state index contributed by atoms with van der Waals surface area (Å²) in [5.41, 5.74) is 1.75. The van der Waals surface area contributed by atoms with Crippen LogP contribution in [0.25, 0.3) is 6.08 Å². The van der Waals surface area contributed by atoms with Crippen molar-refractivity contribution in [3.63, 3.8) is 0 Å². The molecule has 20 heavy (non-hydrogen) atoms. The van der Waals surface area contributed by atoms with Crippen molar-refractivity contribution in [3.8, 4) is 0 Å². The van der Waals surface area contributed by atoms with Crippen LogP contribution < -0.4 is 0 Å². The predicted octanol–water partition coefficient (Wildman–Crippen LogP) is 5.64. The van der Waals surface area contributed by atoms with Gasteiger partial charge in [-0.15, -0.1) is 0 Å². The van der Waals surface area contributed by atoms with Crippen LogP contribution in [0.3, 0.4) is 0 Å². The Kier molecular flexibility index (Phi) is 10.6. The molecular formula is C19H24O. The Labute approximate surface area is 123 Å². The van der Waals surface area contributed by atoms with Crippen LogP contribution in [0.1, 0.15) is 43.6 Å². The van der Waals surface area contributed by atoms with E-state index < -0.39 is 0 Å². The highest BCUT2D eigenvalue weighted by atomic mass is 16.1. The van der Waals surface area contributed by atoms with Crippen molar-refractivity contribution in [1.29, 1.82) is 0 Å². The Balaban J connectivity index is 0.000000829. The fourth-order valence-electron chi connectivity index (χ4n) is 1.43. The average Bonchev–Trinajstić information content (AvgIpc) is 2.58. The maximum absolute atomic E-state index is 11.7. The second kappa shape index (κ2) is 11.9. The molecule has 0 saturated carbocycles. The molecule has 2 aromatic carbocycles. The van der Waals surface area contributed by atoms with Gasteiger partial charge in [0.1, 0.15) is 0 Å². The average molecular weight is 268 g/mol. The van der Waals surface area contributed by atoms with Gasteiger partial charge in [0.25, 0.3) is 0 Å². The highest BCUT2D eigenvalue weighted by molar-refractivity contribution is 6.06. The van der Waals surface area contributed by atoms with Crippen LogP contribution in [0.15, 0.2) is 66.7 Å². The Bertz CT molecular complexity index is 484. The molecule has 0 bridgehead atoms. The topological polar surface area (TPSA) is 17.1 Å². The number of carbonyl (C=O) groups excluding carboxylic acids is 1. The summed E-state index contributed by atoms with van der Waals surface area (Å²) < 4.78 is 0. The first kappa shape index (κ1) is 17.8. The minimum absolute atomic E-state index is 0.0319. The van der Waals surface area contributed by atoms with Crippen LogP contribution in [0, 0.1) is 0 Å². The second-order valence-electron chi connectivity index (χ2n) is 3.47. The number of hydrogen-bond acceptors (Lipinski definition) is 1. The van der Waals surface area contributed by atoms with Gasteiger partial charge in [-0.05, 0) is 11.6 Å². The highest BCUT2D eigenvalue weighted by Gasteiger charge is 1.98. The molecule has 0 aliphatic heterocycles. The van der Waals surface area contributed by atoms with Gasteiger partial charge in [-0.2, -0.15) is 0 Å². The molecule has 0 atom stereocenters. The number of carbonyl (C=O) groups is 1. The van der Waals surface area contributed by atoms with E-state index in [2.05, 4.69) is 0 Å². The maximum atomic E-state index is 11.7. The van der Waals surface area contributed by atoms with E-state index in [1.807, 2.05) is 94.4 Å². The molecule has 2 rings (SSSR count). The van der Waals surface area contributed by atoms with Gasteiger partial charge < -0.3 is 0 Å². The van der Waals surface area contributed by atoms with Crippen molar-refractivity contribution in [2.24, 2.45) is 0 Å². The number of hydrogen-bond donors (Lipinski definition) is 0. The van der Waals surface area contributed by atoms with Gasteiger partial charge in [0.15, 0.2) is 5.78 Å². The van der Waals surface area contributed by atoms with Crippen molar-refractivity contribution in [2.45, 2.75) is 27.7 Å². The summed E-state index contributed by atoms with van der Waals surface area (Å²) in [7, 11) is 0. The molecule has 2 aromatic rings. The molecule has 0 unspecified atom stereocenters. The molecule has 0 heterocycles. The first-order valence-corrected chi connectivity index (χ1v) is 7.19. The summed E-state index contributed by atoms with van der Waals surface area (Å²) in [5.74, 6) is 0.0319. The summed E-state index contributed by atoms with van der Waals surface area (Å²) in [4.78, 5) is 11.7. The molecule has 0 fully saturated rings. The number of rotatable bonds is 3. The standard InChI is InChI=1S/C15H12O.2C2H6/c16-15(14-9-5-2-6-10-14)12-11-13-7-3-1-4-8-13;2*1-2/h1-12H;2*1-2H3/b12-11+;;. The van der Waals surface area contributed by atoms with Gasteiger partial charge in [-0.25, -0.2) is 0 Å². The molecule has 0 spiro atoms. The Morgan fingerprint density at radius 3 is 1.70 bits per heavy atom. The molecule has 1 heteroatoms. The second-order valence-corrected chi connectivity index (χ2v) is 3.47. The van der Waals surface area contributed by atoms with Gasteiger partial charge in [0.05, 0.1) is 0 Å². The summed E-state index contributed by atoms with van der Waals surface area (Å²) in [6, 6.07) is 19.1. The summed E-state index contributed by atoms with van der Waals surface area (Å²) in [6.45, 7) is 8.00. The third-order valence-corrected chi connectivity index (χ3v) is 2.29. The van der Waals surface area contributed by atoms with Crippen molar-refractivity contribution in [3.05, 3.63) is 77.9 Å². The van der Waals surface area contributed by atoms with Crippen molar-refractivity contribution in [1.82, 2.24) is 0 Å². The van der Waals surface area contributed by atoms with Crippen LogP contribution in [0.5, 0.6) is 0 Å². The van der Waals surface area contributed by atoms with Crippen molar-refractivity contribution in [2.75, 3.05) is 0 Å². The van der Waals surface area contributed by atoms with E-state index in [0.717, 1.165) is 11.1 Å². The molecule has 0 saturated heterocycles. The largest absolute Gasteiger partial charge is 0.289 e.